The number of hydrogen-bond donors (Lipinski definition) is 1. The molecule has 26 heavy (non-hydrogen) atoms. The van der Waals surface area contributed by atoms with E-state index in [9.17, 15) is 9.59 Å². The highest BCUT2D eigenvalue weighted by Crippen LogP contribution is 2.25. The number of benzene rings is 1. The molecule has 0 spiro atoms. The summed E-state index contributed by atoms with van der Waals surface area (Å²) >= 11 is 0. The molecule has 0 bridgehead atoms. The minimum absolute atomic E-state index is 0.0920. The highest BCUT2D eigenvalue weighted by Gasteiger charge is 2.24. The molecule has 2 aromatic heterocycles. The summed E-state index contributed by atoms with van der Waals surface area (Å²) < 4.78 is 1.66. The van der Waals surface area contributed by atoms with Gasteiger partial charge in [-0.15, -0.1) is 0 Å². The van der Waals surface area contributed by atoms with Gasteiger partial charge in [0.15, 0.2) is 12.1 Å². The fourth-order valence-electron chi connectivity index (χ4n) is 2.81. The summed E-state index contributed by atoms with van der Waals surface area (Å²) in [6.45, 7) is 4.22. The molecule has 0 aliphatic rings. The molecule has 3 rings (SSSR count). The summed E-state index contributed by atoms with van der Waals surface area (Å²) in [5.41, 5.74) is 2.53. The van der Waals surface area contributed by atoms with Gasteiger partial charge in [0.1, 0.15) is 11.4 Å². The average Bonchev–Trinajstić information content (AvgIpc) is 3.07. The minimum Gasteiger partial charge on any atom is -0.345 e. The lowest BCUT2D eigenvalue weighted by Gasteiger charge is -2.13. The van der Waals surface area contributed by atoms with Crippen LogP contribution in [0, 0.1) is 0 Å². The van der Waals surface area contributed by atoms with Crippen molar-refractivity contribution in [1.29, 1.82) is 0 Å². The molecule has 0 fully saturated rings. The van der Waals surface area contributed by atoms with Gasteiger partial charge in [0.25, 0.3) is 5.91 Å². The number of aromatic nitrogens is 3. The number of aldehydes is 1. The first-order valence-corrected chi connectivity index (χ1v) is 8.41. The maximum Gasteiger partial charge on any atom is 0.287 e. The monoisotopic (exact) mass is 348 g/mol. The summed E-state index contributed by atoms with van der Waals surface area (Å²) in [7, 11) is 0. The molecule has 132 valence electrons. The SMILES string of the molecule is CC(C)n1c(C(=O)NCc2ccccc2)nc(-c2cccnc2)c1C=O. The normalized spacial score (nSPS) is 10.7. The van der Waals surface area contributed by atoms with E-state index < -0.39 is 0 Å². The Morgan fingerprint density at radius 1 is 1.19 bits per heavy atom. The van der Waals surface area contributed by atoms with Gasteiger partial charge in [-0.2, -0.15) is 0 Å². The zero-order valence-electron chi connectivity index (χ0n) is 14.7. The standard InChI is InChI=1S/C20H20N4O2/c1-14(2)24-17(13-25)18(16-9-6-10-21-12-16)23-19(24)20(26)22-11-15-7-4-3-5-8-15/h3-10,12-14H,11H2,1-2H3,(H,22,26). The Morgan fingerprint density at radius 2 is 1.96 bits per heavy atom. The van der Waals surface area contributed by atoms with Crippen molar-refractivity contribution in [1.82, 2.24) is 19.9 Å². The van der Waals surface area contributed by atoms with E-state index in [0.29, 0.717) is 23.5 Å². The molecule has 0 radical (unpaired) electrons. The fourth-order valence-corrected chi connectivity index (χ4v) is 2.81. The smallest absolute Gasteiger partial charge is 0.287 e. The average molecular weight is 348 g/mol. The Hall–Kier alpha value is -3.28. The number of nitrogens with one attached hydrogen (secondary N) is 1. The van der Waals surface area contributed by atoms with E-state index in [-0.39, 0.29) is 17.8 Å². The lowest BCUT2D eigenvalue weighted by Crippen LogP contribution is -2.27. The third kappa shape index (κ3) is 3.54. The molecule has 1 amide bonds. The Labute approximate surface area is 151 Å². The number of hydrogen-bond acceptors (Lipinski definition) is 4. The highest BCUT2D eigenvalue weighted by molar-refractivity contribution is 5.95. The summed E-state index contributed by atoms with van der Waals surface area (Å²) in [6, 6.07) is 13.1. The van der Waals surface area contributed by atoms with Crippen molar-refractivity contribution < 1.29 is 9.59 Å². The molecule has 6 heteroatoms. The van der Waals surface area contributed by atoms with Gasteiger partial charge >= 0.3 is 0 Å². The molecule has 1 N–H and O–H groups in total. The third-order valence-electron chi connectivity index (χ3n) is 4.01. The molecule has 0 saturated heterocycles. The molecule has 2 heterocycles. The van der Waals surface area contributed by atoms with Crippen LogP contribution in [0.25, 0.3) is 11.3 Å². The van der Waals surface area contributed by atoms with Gasteiger partial charge in [-0.3, -0.25) is 14.6 Å². The number of pyridine rings is 1. The molecule has 0 atom stereocenters. The summed E-state index contributed by atoms with van der Waals surface area (Å²) in [5, 5.41) is 2.87. The number of amides is 1. The van der Waals surface area contributed by atoms with Crippen molar-refractivity contribution in [2.75, 3.05) is 0 Å². The fraction of sp³-hybridized carbons (Fsp3) is 0.200. The lowest BCUT2D eigenvalue weighted by atomic mass is 10.2. The first-order chi connectivity index (χ1) is 12.6. The predicted octanol–water partition coefficient (Wildman–Crippen LogP) is 3.27. The van der Waals surface area contributed by atoms with Crippen molar-refractivity contribution in [2.24, 2.45) is 0 Å². The van der Waals surface area contributed by atoms with Crippen LogP contribution in [-0.4, -0.2) is 26.7 Å². The van der Waals surface area contributed by atoms with Crippen LogP contribution in [0.3, 0.4) is 0 Å². The van der Waals surface area contributed by atoms with E-state index in [0.717, 1.165) is 11.8 Å². The van der Waals surface area contributed by atoms with E-state index in [1.54, 1.807) is 23.0 Å². The summed E-state index contributed by atoms with van der Waals surface area (Å²) in [6.07, 6.45) is 4.02. The second kappa shape index (κ2) is 7.74. The second-order valence-electron chi connectivity index (χ2n) is 6.16. The molecule has 0 aliphatic heterocycles. The van der Waals surface area contributed by atoms with Gasteiger partial charge in [-0.1, -0.05) is 30.3 Å². The lowest BCUT2D eigenvalue weighted by molar-refractivity contribution is 0.0934. The van der Waals surface area contributed by atoms with Crippen LogP contribution >= 0.6 is 0 Å². The van der Waals surface area contributed by atoms with Gasteiger partial charge in [-0.25, -0.2) is 4.98 Å². The van der Waals surface area contributed by atoms with Gasteiger partial charge in [0, 0.05) is 30.5 Å². The highest BCUT2D eigenvalue weighted by atomic mass is 16.2. The Balaban J connectivity index is 1.96. The molecular weight excluding hydrogens is 328 g/mol. The Bertz CT molecular complexity index is 902. The summed E-state index contributed by atoms with van der Waals surface area (Å²) in [5.74, 6) is -0.0994. The number of carbonyl (C=O) groups is 2. The molecule has 0 unspecified atom stereocenters. The minimum atomic E-state index is -0.319. The van der Waals surface area contributed by atoms with Gasteiger partial charge in [0.2, 0.25) is 0 Å². The molecule has 0 saturated carbocycles. The first-order valence-electron chi connectivity index (χ1n) is 8.41. The third-order valence-corrected chi connectivity index (χ3v) is 4.01. The van der Waals surface area contributed by atoms with Crippen LogP contribution in [-0.2, 0) is 6.54 Å². The van der Waals surface area contributed by atoms with Crippen molar-refractivity contribution in [3.63, 3.8) is 0 Å². The molecule has 0 aliphatic carbocycles. The van der Waals surface area contributed by atoms with Crippen molar-refractivity contribution in [3.05, 3.63) is 71.9 Å². The van der Waals surface area contributed by atoms with Gasteiger partial charge in [-0.05, 0) is 31.5 Å². The topological polar surface area (TPSA) is 76.9 Å². The van der Waals surface area contributed by atoms with Crippen LogP contribution in [0.15, 0.2) is 54.9 Å². The van der Waals surface area contributed by atoms with Crippen LogP contribution in [0.2, 0.25) is 0 Å². The zero-order chi connectivity index (χ0) is 18.5. The van der Waals surface area contributed by atoms with Gasteiger partial charge in [0.05, 0.1) is 0 Å². The Morgan fingerprint density at radius 3 is 2.58 bits per heavy atom. The quantitative estimate of drug-likeness (QED) is 0.694. The second-order valence-corrected chi connectivity index (χ2v) is 6.16. The van der Waals surface area contributed by atoms with E-state index >= 15 is 0 Å². The number of rotatable bonds is 6. The Kier molecular flexibility index (Phi) is 5.22. The van der Waals surface area contributed by atoms with Gasteiger partial charge < -0.3 is 9.88 Å². The van der Waals surface area contributed by atoms with E-state index in [2.05, 4.69) is 15.3 Å². The summed E-state index contributed by atoms with van der Waals surface area (Å²) in [4.78, 5) is 33.0. The van der Waals surface area contributed by atoms with Crippen LogP contribution in [0.1, 0.15) is 46.6 Å². The van der Waals surface area contributed by atoms with Crippen molar-refractivity contribution in [3.8, 4) is 11.3 Å². The van der Waals surface area contributed by atoms with Crippen LogP contribution in [0.5, 0.6) is 0 Å². The van der Waals surface area contributed by atoms with E-state index in [4.69, 9.17) is 0 Å². The van der Waals surface area contributed by atoms with Crippen molar-refractivity contribution in [2.45, 2.75) is 26.4 Å². The predicted molar refractivity (Wildman–Crippen MR) is 98.8 cm³/mol. The zero-order valence-corrected chi connectivity index (χ0v) is 14.7. The maximum atomic E-state index is 12.7. The van der Waals surface area contributed by atoms with Crippen molar-refractivity contribution >= 4 is 12.2 Å². The van der Waals surface area contributed by atoms with E-state index in [1.165, 1.54) is 0 Å². The van der Waals surface area contributed by atoms with E-state index in [1.807, 2.05) is 50.2 Å². The number of nitrogens with zero attached hydrogens (tertiary/aromatic N) is 3. The largest absolute Gasteiger partial charge is 0.345 e. The molecule has 6 nitrogen and oxygen atoms in total. The molecule has 3 aromatic rings. The maximum absolute atomic E-state index is 12.7. The van der Waals surface area contributed by atoms with Crippen LogP contribution < -0.4 is 5.32 Å². The number of carbonyl (C=O) groups excluding carboxylic acids is 2. The number of imidazole rings is 1. The van der Waals surface area contributed by atoms with Crippen LogP contribution in [0.4, 0.5) is 0 Å². The molecule has 1 aromatic carbocycles. The first kappa shape index (κ1) is 17.5. The molecular formula is C20H20N4O2.